The lowest BCUT2D eigenvalue weighted by molar-refractivity contribution is -0.175. The van der Waals surface area contributed by atoms with Gasteiger partial charge in [-0.1, -0.05) is 46.6 Å². The molecule has 0 radical (unpaired) electrons. The van der Waals surface area contributed by atoms with Crippen molar-refractivity contribution in [2.75, 3.05) is 19.8 Å². The minimum atomic E-state index is -1.67. The summed E-state index contributed by atoms with van der Waals surface area (Å²) < 4.78 is 21.4. The highest BCUT2D eigenvalue weighted by Crippen LogP contribution is 2.67. The molecule has 6 atom stereocenters. The van der Waals surface area contributed by atoms with Crippen LogP contribution in [0.5, 0.6) is 0 Å². The van der Waals surface area contributed by atoms with Crippen LogP contribution < -0.4 is 0 Å². The molecular weight excluding hydrogens is 516 g/mol. The zero-order valence-corrected chi connectivity index (χ0v) is 24.5. The van der Waals surface area contributed by atoms with Gasteiger partial charge >= 0.3 is 12.3 Å². The predicted molar refractivity (Wildman–Crippen MR) is 144 cm³/mol. The fourth-order valence-electron chi connectivity index (χ4n) is 8.04. The first-order valence-corrected chi connectivity index (χ1v) is 14.8. The quantitative estimate of drug-likeness (QED) is 0.255. The van der Waals surface area contributed by atoms with Crippen molar-refractivity contribution in [3.05, 3.63) is 11.6 Å². The summed E-state index contributed by atoms with van der Waals surface area (Å²) in [5.41, 5.74) is -1.97. The normalized spacial score (nSPS) is 34.8. The summed E-state index contributed by atoms with van der Waals surface area (Å²) >= 11 is 0. The molecule has 0 aliphatic heterocycles. The second-order valence-electron chi connectivity index (χ2n) is 13.0. The molecule has 0 aromatic heterocycles. The highest BCUT2D eigenvalue weighted by Gasteiger charge is 2.71. The molecular formula is C31H44O9. The van der Waals surface area contributed by atoms with Gasteiger partial charge in [0, 0.05) is 24.2 Å². The van der Waals surface area contributed by atoms with Gasteiger partial charge in [-0.3, -0.25) is 14.4 Å². The molecule has 0 bridgehead atoms. The summed E-state index contributed by atoms with van der Waals surface area (Å²) in [4.78, 5) is 65.2. The second kappa shape index (κ2) is 11.6. The van der Waals surface area contributed by atoms with E-state index in [1.807, 2.05) is 27.7 Å². The number of ether oxygens (including phenoxy) is 4. The summed E-state index contributed by atoms with van der Waals surface area (Å²) in [6.45, 7) is 9.39. The van der Waals surface area contributed by atoms with Gasteiger partial charge in [0.05, 0.1) is 13.2 Å². The van der Waals surface area contributed by atoms with Gasteiger partial charge < -0.3 is 18.9 Å². The number of fused-ring (bicyclic) bond motifs is 5. The zero-order chi connectivity index (χ0) is 29.3. The van der Waals surface area contributed by atoms with Crippen molar-refractivity contribution in [3.63, 3.8) is 0 Å². The van der Waals surface area contributed by atoms with E-state index in [0.717, 1.165) is 24.8 Å². The lowest BCUT2D eigenvalue weighted by Crippen LogP contribution is -2.62. The van der Waals surface area contributed by atoms with E-state index in [9.17, 15) is 24.0 Å². The highest BCUT2D eigenvalue weighted by atomic mass is 16.7. The molecule has 3 fully saturated rings. The Labute approximate surface area is 236 Å². The van der Waals surface area contributed by atoms with Crippen LogP contribution in [-0.4, -0.2) is 55.1 Å². The van der Waals surface area contributed by atoms with E-state index in [4.69, 9.17) is 18.9 Å². The van der Waals surface area contributed by atoms with Crippen LogP contribution in [0.25, 0.3) is 0 Å². The predicted octanol–water partition coefficient (Wildman–Crippen LogP) is 5.77. The van der Waals surface area contributed by atoms with Gasteiger partial charge in [-0.25, -0.2) is 9.59 Å². The number of hydrogen-bond donors (Lipinski definition) is 0. The van der Waals surface area contributed by atoms with Gasteiger partial charge in [0.25, 0.3) is 0 Å². The Balaban J connectivity index is 1.62. The number of unbranched alkanes of at least 4 members (excludes halogenated alkanes) is 1. The summed E-state index contributed by atoms with van der Waals surface area (Å²) in [7, 11) is 0. The third-order valence-electron chi connectivity index (χ3n) is 10.1. The topological polar surface area (TPSA) is 122 Å². The molecule has 0 aromatic carbocycles. The van der Waals surface area contributed by atoms with Crippen LogP contribution in [0.1, 0.15) is 92.4 Å². The van der Waals surface area contributed by atoms with Crippen LogP contribution in [-0.2, 0) is 33.3 Å². The average molecular weight is 561 g/mol. The minimum absolute atomic E-state index is 0.00656. The lowest BCUT2D eigenvalue weighted by atomic mass is 9.46. The van der Waals surface area contributed by atoms with E-state index in [1.165, 1.54) is 0 Å². The number of carbonyl (C=O) groups is 5. The van der Waals surface area contributed by atoms with E-state index < -0.39 is 35.7 Å². The van der Waals surface area contributed by atoms with E-state index in [2.05, 4.69) is 6.92 Å². The molecule has 4 aliphatic rings. The van der Waals surface area contributed by atoms with Crippen molar-refractivity contribution in [1.82, 2.24) is 0 Å². The Kier molecular flexibility index (Phi) is 8.81. The summed E-state index contributed by atoms with van der Waals surface area (Å²) in [6.07, 6.45) is 4.70. The average Bonchev–Trinajstić information content (AvgIpc) is 3.18. The Morgan fingerprint density at radius 1 is 1.00 bits per heavy atom. The van der Waals surface area contributed by atoms with E-state index in [0.29, 0.717) is 25.7 Å². The summed E-state index contributed by atoms with van der Waals surface area (Å²) in [5, 5.41) is 0. The van der Waals surface area contributed by atoms with E-state index >= 15 is 0 Å². The van der Waals surface area contributed by atoms with Crippen LogP contribution in [0.2, 0.25) is 0 Å². The Morgan fingerprint density at radius 3 is 2.45 bits per heavy atom. The van der Waals surface area contributed by atoms with E-state index in [1.54, 1.807) is 6.08 Å². The lowest BCUT2D eigenvalue weighted by Gasteiger charge is -2.57. The maximum absolute atomic E-state index is 14.0. The van der Waals surface area contributed by atoms with Crippen LogP contribution >= 0.6 is 0 Å². The maximum Gasteiger partial charge on any atom is 0.509 e. The van der Waals surface area contributed by atoms with Crippen molar-refractivity contribution >= 4 is 29.7 Å². The number of rotatable bonds is 9. The summed E-state index contributed by atoms with van der Waals surface area (Å²) in [5.74, 6) is -0.635. The third kappa shape index (κ3) is 5.32. The zero-order valence-electron chi connectivity index (χ0n) is 24.5. The highest BCUT2D eigenvalue weighted by molar-refractivity contribution is 5.95. The molecule has 0 amide bonds. The third-order valence-corrected chi connectivity index (χ3v) is 10.1. The molecule has 222 valence electrons. The fourth-order valence-corrected chi connectivity index (χ4v) is 8.04. The molecule has 3 saturated carbocycles. The molecule has 9 heteroatoms. The van der Waals surface area contributed by atoms with Gasteiger partial charge in [0.1, 0.15) is 5.78 Å². The molecule has 4 rings (SSSR count). The van der Waals surface area contributed by atoms with Crippen molar-refractivity contribution in [2.45, 2.75) is 98.0 Å². The number of ketones is 3. The van der Waals surface area contributed by atoms with Gasteiger partial charge in [0.15, 0.2) is 18.0 Å². The molecule has 0 unspecified atom stereocenters. The monoisotopic (exact) mass is 560 g/mol. The Hall–Kier alpha value is -2.71. The smallest absolute Gasteiger partial charge is 0.434 e. The Morgan fingerprint density at radius 2 is 1.75 bits per heavy atom. The molecule has 0 spiro atoms. The maximum atomic E-state index is 14.0. The van der Waals surface area contributed by atoms with Crippen LogP contribution in [0.4, 0.5) is 9.59 Å². The van der Waals surface area contributed by atoms with Gasteiger partial charge in [0.2, 0.25) is 5.78 Å². The van der Waals surface area contributed by atoms with Gasteiger partial charge in [-0.15, -0.1) is 0 Å². The molecule has 0 saturated heterocycles. The standard InChI is InChI=1S/C31H44O9/c1-6-7-14-37-28(36)40-31(25(34)18-39-27(35)38-17-19(2)3)13-11-23-22-9-8-20-15-21(32)10-12-29(20,4)26(22)24(33)16-30(23,31)5/h15,19,22-23,26H,6-14,16-18H2,1-5H3/t22-,23-,26+,29-,30-,31-/m0/s1. The van der Waals surface area contributed by atoms with Crippen LogP contribution in [0.15, 0.2) is 11.6 Å². The van der Waals surface area contributed by atoms with E-state index in [-0.39, 0.29) is 66.7 Å². The van der Waals surface area contributed by atoms with Gasteiger partial charge in [-0.2, -0.15) is 0 Å². The summed E-state index contributed by atoms with van der Waals surface area (Å²) in [6, 6.07) is 0. The second-order valence-corrected chi connectivity index (χ2v) is 13.0. The molecule has 40 heavy (non-hydrogen) atoms. The fraction of sp³-hybridized carbons (Fsp3) is 0.774. The van der Waals surface area contributed by atoms with Crippen LogP contribution in [0.3, 0.4) is 0 Å². The van der Waals surface area contributed by atoms with Crippen molar-refractivity contribution in [2.24, 2.45) is 34.5 Å². The molecule has 0 heterocycles. The van der Waals surface area contributed by atoms with Crippen molar-refractivity contribution in [3.8, 4) is 0 Å². The van der Waals surface area contributed by atoms with Crippen molar-refractivity contribution in [1.29, 1.82) is 0 Å². The van der Waals surface area contributed by atoms with Gasteiger partial charge in [-0.05, 0) is 67.8 Å². The van der Waals surface area contributed by atoms with Crippen LogP contribution in [0, 0.1) is 34.5 Å². The SMILES string of the molecule is CCCCOC(=O)O[C@]1(C(=O)COC(=O)OCC(C)C)CC[C@H]2[C@@H]3CCC4=CC(=O)CC[C@]4(C)[C@H]3C(=O)C[C@@]21C. The first-order valence-electron chi connectivity index (χ1n) is 14.8. The van der Waals surface area contributed by atoms with Crippen molar-refractivity contribution < 1.29 is 42.9 Å². The first-order chi connectivity index (χ1) is 18.9. The molecule has 4 aliphatic carbocycles. The minimum Gasteiger partial charge on any atom is -0.434 e. The number of hydrogen-bond acceptors (Lipinski definition) is 9. The first kappa shape index (κ1) is 30.3. The molecule has 0 N–H and O–H groups in total. The largest absolute Gasteiger partial charge is 0.509 e. The number of Topliss-reactive ketones (excluding diaryl/α,β-unsaturated/α-hetero) is 2. The Bertz CT molecular complexity index is 1080. The number of carbonyl (C=O) groups excluding carboxylic acids is 5. The molecule has 9 nitrogen and oxygen atoms in total. The number of allylic oxidation sites excluding steroid dienone is 1. The molecule has 0 aromatic rings.